The molecule has 5 heteroatoms. The van der Waals surface area contributed by atoms with Crippen LogP contribution in [0.25, 0.3) is 0 Å². The lowest BCUT2D eigenvalue weighted by atomic mass is 10.2. The Morgan fingerprint density at radius 1 is 1.53 bits per heavy atom. The van der Waals surface area contributed by atoms with Crippen molar-refractivity contribution in [3.63, 3.8) is 0 Å². The van der Waals surface area contributed by atoms with E-state index in [1.165, 1.54) is 6.07 Å². The molecule has 1 aromatic rings. The number of nitrogens with two attached hydrogens (primary N) is 1. The van der Waals surface area contributed by atoms with Crippen molar-refractivity contribution in [3.05, 3.63) is 29.6 Å². The lowest BCUT2D eigenvalue weighted by Gasteiger charge is -2.11. The molecular weight excluding hydrogens is 195 g/mol. The van der Waals surface area contributed by atoms with E-state index in [-0.39, 0.29) is 5.82 Å². The number of halogens is 1. The lowest BCUT2D eigenvalue weighted by Crippen LogP contribution is -2.36. The fourth-order valence-corrected chi connectivity index (χ4v) is 1.19. The van der Waals surface area contributed by atoms with Crippen LogP contribution in [0.1, 0.15) is 12.5 Å². The molecule has 0 aromatic heterocycles. The first-order valence-corrected chi connectivity index (χ1v) is 4.72. The van der Waals surface area contributed by atoms with Crippen molar-refractivity contribution < 1.29 is 4.39 Å². The average Bonchev–Trinajstić information content (AvgIpc) is 2.22. The molecule has 0 fully saturated rings. The third kappa shape index (κ3) is 2.92. The SMILES string of the molecule is CCN=C(NN)Nc1c(C)cccc1F. The summed E-state index contributed by atoms with van der Waals surface area (Å²) >= 11 is 0. The number of guanidine groups is 1. The van der Waals surface area contributed by atoms with Crippen LogP contribution >= 0.6 is 0 Å². The van der Waals surface area contributed by atoms with E-state index in [0.717, 1.165) is 5.56 Å². The van der Waals surface area contributed by atoms with Crippen molar-refractivity contribution in [3.8, 4) is 0 Å². The molecule has 0 heterocycles. The number of nitrogens with one attached hydrogen (secondary N) is 2. The van der Waals surface area contributed by atoms with Crippen LogP contribution in [0.3, 0.4) is 0 Å². The number of hydrazine groups is 1. The van der Waals surface area contributed by atoms with E-state index >= 15 is 0 Å². The second-order valence-corrected chi connectivity index (χ2v) is 3.02. The van der Waals surface area contributed by atoms with E-state index in [2.05, 4.69) is 15.7 Å². The van der Waals surface area contributed by atoms with Gasteiger partial charge in [-0.15, -0.1) is 0 Å². The minimum absolute atomic E-state index is 0.325. The van der Waals surface area contributed by atoms with Crippen molar-refractivity contribution in [2.45, 2.75) is 13.8 Å². The summed E-state index contributed by atoms with van der Waals surface area (Å²) in [6.07, 6.45) is 0. The Bertz CT molecular complexity index is 342. The molecule has 0 aliphatic rings. The maximum atomic E-state index is 13.4. The van der Waals surface area contributed by atoms with Gasteiger partial charge >= 0.3 is 0 Å². The number of anilines is 1. The predicted molar refractivity (Wildman–Crippen MR) is 60.1 cm³/mol. The fourth-order valence-electron chi connectivity index (χ4n) is 1.19. The number of benzene rings is 1. The molecule has 82 valence electrons. The highest BCUT2D eigenvalue weighted by atomic mass is 19.1. The van der Waals surface area contributed by atoms with E-state index in [1.54, 1.807) is 6.07 Å². The van der Waals surface area contributed by atoms with Gasteiger partial charge in [0.25, 0.3) is 0 Å². The maximum absolute atomic E-state index is 13.4. The zero-order valence-corrected chi connectivity index (χ0v) is 8.84. The Morgan fingerprint density at radius 2 is 2.27 bits per heavy atom. The lowest BCUT2D eigenvalue weighted by molar-refractivity contribution is 0.631. The normalized spacial score (nSPS) is 11.3. The van der Waals surface area contributed by atoms with Gasteiger partial charge in [-0.1, -0.05) is 12.1 Å². The fraction of sp³-hybridized carbons (Fsp3) is 0.300. The summed E-state index contributed by atoms with van der Waals surface area (Å²) in [5, 5.41) is 2.81. The molecule has 4 N–H and O–H groups in total. The monoisotopic (exact) mass is 210 g/mol. The molecule has 4 nitrogen and oxygen atoms in total. The number of nitrogens with zero attached hydrogens (tertiary/aromatic N) is 1. The number of aryl methyl sites for hydroxylation is 1. The minimum atomic E-state index is -0.325. The average molecular weight is 210 g/mol. The Balaban J connectivity index is 2.93. The first-order valence-electron chi connectivity index (χ1n) is 4.72. The quantitative estimate of drug-likeness (QED) is 0.299. The van der Waals surface area contributed by atoms with Crippen LogP contribution in [0.2, 0.25) is 0 Å². The summed E-state index contributed by atoms with van der Waals surface area (Å²) in [6, 6.07) is 4.85. The van der Waals surface area contributed by atoms with E-state index in [0.29, 0.717) is 18.2 Å². The van der Waals surface area contributed by atoms with E-state index in [9.17, 15) is 4.39 Å². The molecule has 0 saturated heterocycles. The van der Waals surface area contributed by atoms with Crippen molar-refractivity contribution in [1.82, 2.24) is 5.43 Å². The number of para-hydroxylation sites is 1. The van der Waals surface area contributed by atoms with Gasteiger partial charge in [-0.2, -0.15) is 0 Å². The summed E-state index contributed by atoms with van der Waals surface area (Å²) in [5.41, 5.74) is 3.57. The van der Waals surface area contributed by atoms with Crippen molar-refractivity contribution in [2.75, 3.05) is 11.9 Å². The van der Waals surface area contributed by atoms with Gasteiger partial charge in [-0.25, -0.2) is 10.2 Å². The van der Waals surface area contributed by atoms with Gasteiger partial charge in [-0.05, 0) is 25.5 Å². The van der Waals surface area contributed by atoms with Crippen LogP contribution in [0.15, 0.2) is 23.2 Å². The standard InChI is InChI=1S/C10H15FN4/c1-3-13-10(15-12)14-9-7(2)5-4-6-8(9)11/h4-6H,3,12H2,1-2H3,(H2,13,14,15). The number of aliphatic imine (C=N–C) groups is 1. The summed E-state index contributed by atoms with van der Waals surface area (Å²) in [4.78, 5) is 4.02. The molecule has 1 rings (SSSR count). The third-order valence-corrected chi connectivity index (χ3v) is 1.92. The van der Waals surface area contributed by atoms with Gasteiger partial charge in [0.15, 0.2) is 0 Å². The second kappa shape index (κ2) is 5.31. The Hall–Kier alpha value is -1.62. The summed E-state index contributed by atoms with van der Waals surface area (Å²) in [7, 11) is 0. The van der Waals surface area contributed by atoms with Gasteiger partial charge in [0.2, 0.25) is 5.96 Å². The van der Waals surface area contributed by atoms with Gasteiger partial charge in [0.1, 0.15) is 5.82 Å². The molecule has 0 amide bonds. The third-order valence-electron chi connectivity index (χ3n) is 1.92. The molecule has 0 atom stereocenters. The zero-order valence-electron chi connectivity index (χ0n) is 8.84. The molecule has 1 aromatic carbocycles. The van der Waals surface area contributed by atoms with Crippen LogP contribution < -0.4 is 16.6 Å². The van der Waals surface area contributed by atoms with Crippen LogP contribution in [0, 0.1) is 12.7 Å². The summed E-state index contributed by atoms with van der Waals surface area (Å²) < 4.78 is 13.4. The van der Waals surface area contributed by atoms with Crippen LogP contribution in [-0.2, 0) is 0 Å². The number of hydrogen-bond donors (Lipinski definition) is 3. The Labute approximate surface area is 88.4 Å². The maximum Gasteiger partial charge on any atom is 0.210 e. The zero-order chi connectivity index (χ0) is 11.3. The van der Waals surface area contributed by atoms with Crippen molar-refractivity contribution in [1.29, 1.82) is 0 Å². The van der Waals surface area contributed by atoms with Gasteiger partial charge in [0, 0.05) is 6.54 Å². The molecule has 0 saturated carbocycles. The molecule has 0 radical (unpaired) electrons. The Morgan fingerprint density at radius 3 is 2.80 bits per heavy atom. The van der Waals surface area contributed by atoms with Gasteiger partial charge in [-0.3, -0.25) is 10.4 Å². The first-order chi connectivity index (χ1) is 7.19. The number of hydrogen-bond acceptors (Lipinski definition) is 2. The molecular formula is C10H15FN4. The molecule has 0 aliphatic carbocycles. The predicted octanol–water partition coefficient (Wildman–Crippen LogP) is 1.39. The van der Waals surface area contributed by atoms with Crippen molar-refractivity contribution in [2.24, 2.45) is 10.8 Å². The van der Waals surface area contributed by atoms with Crippen molar-refractivity contribution >= 4 is 11.6 Å². The molecule has 0 unspecified atom stereocenters. The van der Waals surface area contributed by atoms with Crippen LogP contribution in [0.5, 0.6) is 0 Å². The number of rotatable bonds is 2. The summed E-state index contributed by atoms with van der Waals surface area (Å²) in [6.45, 7) is 4.25. The largest absolute Gasteiger partial charge is 0.323 e. The topological polar surface area (TPSA) is 62.4 Å². The van der Waals surface area contributed by atoms with Gasteiger partial charge in [0.05, 0.1) is 5.69 Å². The minimum Gasteiger partial charge on any atom is -0.323 e. The molecule has 0 bridgehead atoms. The highest BCUT2D eigenvalue weighted by Gasteiger charge is 2.06. The van der Waals surface area contributed by atoms with Crippen LogP contribution in [0.4, 0.5) is 10.1 Å². The summed E-state index contributed by atoms with van der Waals surface area (Å²) in [5.74, 6) is 5.27. The van der Waals surface area contributed by atoms with Crippen LogP contribution in [-0.4, -0.2) is 12.5 Å². The van der Waals surface area contributed by atoms with E-state index in [1.807, 2.05) is 19.9 Å². The Kier molecular flexibility index (Phi) is 4.05. The van der Waals surface area contributed by atoms with E-state index < -0.39 is 0 Å². The molecule has 0 aliphatic heterocycles. The van der Waals surface area contributed by atoms with Gasteiger partial charge < -0.3 is 5.32 Å². The second-order valence-electron chi connectivity index (χ2n) is 3.02. The highest BCUT2D eigenvalue weighted by Crippen LogP contribution is 2.18. The molecule has 15 heavy (non-hydrogen) atoms. The molecule has 0 spiro atoms. The first kappa shape index (κ1) is 11.5. The smallest absolute Gasteiger partial charge is 0.210 e. The highest BCUT2D eigenvalue weighted by molar-refractivity contribution is 5.93. The van der Waals surface area contributed by atoms with E-state index in [4.69, 9.17) is 5.84 Å².